The minimum atomic E-state index is 0.267. The average molecular weight is 342 g/mol. The number of rotatable bonds is 8. The number of phenolic OH excluding ortho intramolecular Hbond substituents is 1. The van der Waals surface area contributed by atoms with Crippen molar-refractivity contribution < 1.29 is 14.6 Å². The van der Waals surface area contributed by atoms with Crippen LogP contribution in [0.2, 0.25) is 0 Å². The number of benzene rings is 2. The minimum absolute atomic E-state index is 0.267. The lowest BCUT2D eigenvalue weighted by Crippen LogP contribution is -2.06. The highest BCUT2D eigenvalue weighted by molar-refractivity contribution is 5.46. The maximum absolute atomic E-state index is 9.76. The molecule has 0 bridgehead atoms. The fourth-order valence-corrected chi connectivity index (χ4v) is 3.46. The quantitative estimate of drug-likeness (QED) is 0.645. The van der Waals surface area contributed by atoms with Crippen LogP contribution in [-0.2, 0) is 11.2 Å². The van der Waals surface area contributed by atoms with Crippen molar-refractivity contribution in [1.29, 1.82) is 0 Å². The summed E-state index contributed by atoms with van der Waals surface area (Å²) >= 11 is 0. The van der Waals surface area contributed by atoms with Gasteiger partial charge in [-0.25, -0.2) is 0 Å². The van der Waals surface area contributed by atoms with Gasteiger partial charge in [0.05, 0.1) is 0 Å². The molecule has 25 heavy (non-hydrogen) atoms. The van der Waals surface area contributed by atoms with Crippen LogP contribution >= 0.6 is 0 Å². The summed E-state index contributed by atoms with van der Waals surface area (Å²) in [7, 11) is 1.64. The van der Waals surface area contributed by atoms with Crippen molar-refractivity contribution in [2.75, 3.05) is 13.9 Å². The minimum Gasteiger partial charge on any atom is -0.508 e. The molecular weight excluding hydrogens is 312 g/mol. The van der Waals surface area contributed by atoms with Crippen LogP contribution in [0.15, 0.2) is 30.3 Å². The summed E-state index contributed by atoms with van der Waals surface area (Å²) in [6, 6.07) is 10.1. The third-order valence-electron chi connectivity index (χ3n) is 4.89. The molecule has 0 fully saturated rings. The van der Waals surface area contributed by atoms with Crippen LogP contribution in [0.1, 0.15) is 60.4 Å². The molecule has 2 aromatic rings. The molecule has 0 heterocycles. The van der Waals surface area contributed by atoms with Gasteiger partial charge in [0.1, 0.15) is 11.5 Å². The first-order valence-electron chi connectivity index (χ1n) is 9.03. The van der Waals surface area contributed by atoms with Gasteiger partial charge >= 0.3 is 0 Å². The summed E-state index contributed by atoms with van der Waals surface area (Å²) in [6.45, 7) is 8.81. The van der Waals surface area contributed by atoms with Crippen LogP contribution in [0.25, 0.3) is 0 Å². The monoisotopic (exact) mass is 342 g/mol. The summed E-state index contributed by atoms with van der Waals surface area (Å²) in [4.78, 5) is 0. The lowest BCUT2D eigenvalue weighted by molar-refractivity contribution is 0.0501. The van der Waals surface area contributed by atoms with Crippen molar-refractivity contribution in [3.63, 3.8) is 0 Å². The highest BCUT2D eigenvalue weighted by Gasteiger charge is 2.15. The third-order valence-corrected chi connectivity index (χ3v) is 4.89. The Balaban J connectivity index is 2.37. The number of ether oxygens (including phenoxy) is 2. The number of hydrogen-bond donors (Lipinski definition) is 1. The van der Waals surface area contributed by atoms with Gasteiger partial charge < -0.3 is 14.6 Å². The zero-order valence-electron chi connectivity index (χ0n) is 16.1. The van der Waals surface area contributed by atoms with Crippen LogP contribution in [0.3, 0.4) is 0 Å². The molecule has 0 saturated heterocycles. The Morgan fingerprint density at radius 2 is 1.64 bits per heavy atom. The zero-order valence-corrected chi connectivity index (χ0v) is 16.1. The van der Waals surface area contributed by atoms with E-state index in [-0.39, 0.29) is 6.79 Å². The van der Waals surface area contributed by atoms with Gasteiger partial charge in [0.25, 0.3) is 0 Å². The van der Waals surface area contributed by atoms with Crippen molar-refractivity contribution in [2.24, 2.45) is 0 Å². The fourth-order valence-electron chi connectivity index (χ4n) is 3.46. The first kappa shape index (κ1) is 19.3. The van der Waals surface area contributed by atoms with Gasteiger partial charge in [-0.3, -0.25) is 0 Å². The predicted molar refractivity (Wildman–Crippen MR) is 103 cm³/mol. The van der Waals surface area contributed by atoms with Crippen molar-refractivity contribution in [3.8, 4) is 11.5 Å². The van der Waals surface area contributed by atoms with E-state index < -0.39 is 0 Å². The van der Waals surface area contributed by atoms with Crippen molar-refractivity contribution >= 4 is 0 Å². The largest absolute Gasteiger partial charge is 0.508 e. The summed E-state index contributed by atoms with van der Waals surface area (Å²) in [5.41, 5.74) is 6.05. The Morgan fingerprint density at radius 1 is 1.00 bits per heavy atom. The molecule has 0 aliphatic rings. The molecule has 0 atom stereocenters. The molecule has 0 spiro atoms. The molecule has 0 aliphatic carbocycles. The van der Waals surface area contributed by atoms with Crippen LogP contribution in [0, 0.1) is 13.8 Å². The van der Waals surface area contributed by atoms with E-state index in [0.29, 0.717) is 11.7 Å². The van der Waals surface area contributed by atoms with Crippen LogP contribution < -0.4 is 4.74 Å². The predicted octanol–water partition coefficient (Wildman–Crippen LogP) is 5.49. The van der Waals surface area contributed by atoms with E-state index in [0.717, 1.165) is 36.1 Å². The molecule has 0 radical (unpaired) electrons. The number of aromatic hydroxyl groups is 1. The van der Waals surface area contributed by atoms with Crippen molar-refractivity contribution in [3.05, 3.63) is 58.1 Å². The summed E-state index contributed by atoms with van der Waals surface area (Å²) in [6.07, 6.45) is 3.02. The maximum Gasteiger partial charge on any atom is 0.188 e. The summed E-state index contributed by atoms with van der Waals surface area (Å²) in [5.74, 6) is 1.73. The smallest absolute Gasteiger partial charge is 0.188 e. The molecule has 0 saturated carbocycles. The molecule has 136 valence electrons. The van der Waals surface area contributed by atoms with Crippen LogP contribution in [-0.4, -0.2) is 19.0 Å². The normalized spacial score (nSPS) is 11.1. The topological polar surface area (TPSA) is 38.7 Å². The van der Waals surface area contributed by atoms with Gasteiger partial charge in [-0.1, -0.05) is 26.0 Å². The van der Waals surface area contributed by atoms with E-state index in [1.54, 1.807) is 7.11 Å². The van der Waals surface area contributed by atoms with Crippen LogP contribution in [0.4, 0.5) is 0 Å². The number of methoxy groups -OCH3 is 1. The molecule has 0 aromatic heterocycles. The highest BCUT2D eigenvalue weighted by Crippen LogP contribution is 2.33. The van der Waals surface area contributed by atoms with Gasteiger partial charge in [-0.2, -0.15) is 0 Å². The first-order chi connectivity index (χ1) is 12.0. The Morgan fingerprint density at radius 3 is 2.20 bits per heavy atom. The van der Waals surface area contributed by atoms with E-state index in [1.807, 2.05) is 12.1 Å². The van der Waals surface area contributed by atoms with E-state index in [9.17, 15) is 5.11 Å². The van der Waals surface area contributed by atoms with Gasteiger partial charge in [-0.05, 0) is 85.0 Å². The zero-order chi connectivity index (χ0) is 18.4. The second-order valence-corrected chi connectivity index (χ2v) is 6.67. The fraction of sp³-hybridized carbons (Fsp3) is 0.455. The first-order valence-corrected chi connectivity index (χ1v) is 9.03. The Bertz CT molecular complexity index is 679. The molecule has 3 nitrogen and oxygen atoms in total. The second kappa shape index (κ2) is 8.91. The summed E-state index contributed by atoms with van der Waals surface area (Å²) < 4.78 is 10.9. The van der Waals surface area contributed by atoms with Crippen molar-refractivity contribution in [2.45, 2.75) is 52.9 Å². The van der Waals surface area contributed by atoms with E-state index in [1.165, 1.54) is 16.7 Å². The Kier molecular flexibility index (Phi) is 6.89. The SMILES string of the molecule is CCC(CC)c1cc(Cc2c(C)cc(O)cc2C)ccc1OCOC. The van der Waals surface area contributed by atoms with Gasteiger partial charge in [0, 0.05) is 7.11 Å². The molecule has 3 heteroatoms. The van der Waals surface area contributed by atoms with E-state index >= 15 is 0 Å². The number of hydrogen-bond acceptors (Lipinski definition) is 3. The molecule has 2 rings (SSSR count). The summed E-state index contributed by atoms with van der Waals surface area (Å²) in [5, 5.41) is 9.76. The second-order valence-electron chi connectivity index (χ2n) is 6.67. The number of phenols is 1. The molecule has 2 aromatic carbocycles. The average Bonchev–Trinajstić information content (AvgIpc) is 2.58. The third kappa shape index (κ3) is 4.76. The lowest BCUT2D eigenvalue weighted by Gasteiger charge is -2.20. The Hall–Kier alpha value is -2.00. The van der Waals surface area contributed by atoms with Crippen molar-refractivity contribution in [1.82, 2.24) is 0 Å². The lowest BCUT2D eigenvalue weighted by atomic mass is 9.89. The van der Waals surface area contributed by atoms with E-state index in [4.69, 9.17) is 9.47 Å². The molecule has 0 aliphatic heterocycles. The highest BCUT2D eigenvalue weighted by atomic mass is 16.7. The van der Waals surface area contributed by atoms with E-state index in [2.05, 4.69) is 45.9 Å². The molecule has 1 N–H and O–H groups in total. The van der Waals surface area contributed by atoms with Gasteiger partial charge in [-0.15, -0.1) is 0 Å². The maximum atomic E-state index is 9.76. The van der Waals surface area contributed by atoms with Gasteiger partial charge in [0.2, 0.25) is 0 Å². The molecule has 0 unspecified atom stereocenters. The number of aryl methyl sites for hydroxylation is 2. The van der Waals surface area contributed by atoms with Gasteiger partial charge in [0.15, 0.2) is 6.79 Å². The molecular formula is C22H30O3. The molecule has 0 amide bonds. The standard InChI is InChI=1S/C22H30O3/c1-6-18(7-2)21-13-17(8-9-22(21)25-14-24-5)12-20-15(3)10-19(23)11-16(20)4/h8-11,13,18,23H,6-7,12,14H2,1-5H3. The Labute approximate surface area is 151 Å². The van der Waals surface area contributed by atoms with Crippen LogP contribution in [0.5, 0.6) is 11.5 Å².